The van der Waals surface area contributed by atoms with Crippen molar-refractivity contribution in [3.8, 4) is 5.75 Å². The van der Waals surface area contributed by atoms with Crippen molar-refractivity contribution in [2.24, 2.45) is 5.92 Å². The van der Waals surface area contributed by atoms with Gasteiger partial charge in [-0.25, -0.2) is 0 Å². The van der Waals surface area contributed by atoms with Gasteiger partial charge in [0.05, 0.1) is 18.2 Å². The summed E-state index contributed by atoms with van der Waals surface area (Å²) in [7, 11) is 1.58. The minimum absolute atomic E-state index is 0.144. The van der Waals surface area contributed by atoms with Gasteiger partial charge in [-0.3, -0.25) is 4.79 Å². The van der Waals surface area contributed by atoms with Gasteiger partial charge < -0.3 is 14.7 Å². The lowest BCUT2D eigenvalue weighted by Crippen LogP contribution is -2.30. The van der Waals surface area contributed by atoms with Crippen LogP contribution in [0.1, 0.15) is 25.3 Å². The summed E-state index contributed by atoms with van der Waals surface area (Å²) >= 11 is 6.08. The molecule has 116 valence electrons. The minimum Gasteiger partial charge on any atom is -0.495 e. The first-order valence-electron chi connectivity index (χ1n) is 7.29. The largest absolute Gasteiger partial charge is 0.495 e. The smallest absolute Gasteiger partial charge is 0.222 e. The minimum atomic E-state index is -0.344. The van der Waals surface area contributed by atoms with Gasteiger partial charge >= 0.3 is 0 Å². The van der Waals surface area contributed by atoms with E-state index in [0.717, 1.165) is 18.5 Å². The van der Waals surface area contributed by atoms with Crippen molar-refractivity contribution in [2.75, 3.05) is 20.2 Å². The molecular weight excluding hydrogens is 290 g/mol. The zero-order valence-electron chi connectivity index (χ0n) is 12.5. The van der Waals surface area contributed by atoms with E-state index in [4.69, 9.17) is 16.3 Å². The van der Waals surface area contributed by atoms with Gasteiger partial charge in [0.15, 0.2) is 0 Å². The monoisotopic (exact) mass is 311 g/mol. The Labute approximate surface area is 130 Å². The molecule has 1 aliphatic heterocycles. The molecule has 0 saturated carbocycles. The standard InChI is InChI=1S/C16H22ClNO3/c1-11(19)13-7-8-18(10-13)16(20)6-4-12-3-5-15(21-2)14(17)9-12/h3,5,9,11,13,19H,4,6-8,10H2,1-2H3. The van der Waals surface area contributed by atoms with Crippen LogP contribution in [0.3, 0.4) is 0 Å². The number of aryl methyl sites for hydroxylation is 1. The van der Waals surface area contributed by atoms with Gasteiger partial charge in [-0.05, 0) is 37.5 Å². The van der Waals surface area contributed by atoms with Crippen LogP contribution in [0.4, 0.5) is 0 Å². The van der Waals surface area contributed by atoms with Crippen LogP contribution in [-0.2, 0) is 11.2 Å². The van der Waals surface area contributed by atoms with Crippen molar-refractivity contribution in [3.63, 3.8) is 0 Å². The number of aliphatic hydroxyl groups excluding tert-OH is 1. The maximum atomic E-state index is 12.2. The molecule has 0 radical (unpaired) electrons. The second-order valence-electron chi connectivity index (χ2n) is 5.60. The Morgan fingerprint density at radius 1 is 1.57 bits per heavy atom. The van der Waals surface area contributed by atoms with Crippen molar-refractivity contribution in [2.45, 2.75) is 32.3 Å². The Kier molecular flexibility index (Phi) is 5.48. The van der Waals surface area contributed by atoms with Gasteiger partial charge in [0.2, 0.25) is 5.91 Å². The molecule has 1 aromatic rings. The molecule has 2 rings (SSSR count). The number of halogens is 1. The lowest BCUT2D eigenvalue weighted by atomic mass is 10.0. The summed E-state index contributed by atoms with van der Waals surface area (Å²) in [4.78, 5) is 14.0. The second kappa shape index (κ2) is 7.14. The van der Waals surface area contributed by atoms with Crippen molar-refractivity contribution in [3.05, 3.63) is 28.8 Å². The molecular formula is C16H22ClNO3. The summed E-state index contributed by atoms with van der Waals surface area (Å²) in [6, 6.07) is 5.60. The van der Waals surface area contributed by atoms with Crippen LogP contribution in [0.5, 0.6) is 5.75 Å². The summed E-state index contributed by atoms with van der Waals surface area (Å²) < 4.78 is 5.11. The van der Waals surface area contributed by atoms with Crippen molar-refractivity contribution in [1.82, 2.24) is 4.90 Å². The van der Waals surface area contributed by atoms with Crippen molar-refractivity contribution >= 4 is 17.5 Å². The summed E-state index contributed by atoms with van der Waals surface area (Å²) in [5.41, 5.74) is 1.03. The number of likely N-dealkylation sites (tertiary alicyclic amines) is 1. The van der Waals surface area contributed by atoms with Crippen molar-refractivity contribution < 1.29 is 14.6 Å². The van der Waals surface area contributed by atoms with Gasteiger partial charge in [0, 0.05) is 25.4 Å². The molecule has 1 heterocycles. The fourth-order valence-corrected chi connectivity index (χ4v) is 2.96. The number of ether oxygens (including phenoxy) is 1. The first kappa shape index (κ1) is 16.1. The molecule has 1 aromatic carbocycles. The number of hydrogen-bond acceptors (Lipinski definition) is 3. The molecule has 2 atom stereocenters. The molecule has 2 unspecified atom stereocenters. The van der Waals surface area contributed by atoms with E-state index in [9.17, 15) is 9.90 Å². The number of aliphatic hydroxyl groups is 1. The molecule has 4 nitrogen and oxygen atoms in total. The lowest BCUT2D eigenvalue weighted by molar-refractivity contribution is -0.130. The number of nitrogens with zero attached hydrogens (tertiary/aromatic N) is 1. The molecule has 1 N–H and O–H groups in total. The van der Waals surface area contributed by atoms with Gasteiger partial charge in [0.25, 0.3) is 0 Å². The second-order valence-corrected chi connectivity index (χ2v) is 6.01. The number of methoxy groups -OCH3 is 1. The third kappa shape index (κ3) is 4.11. The van der Waals surface area contributed by atoms with Crippen LogP contribution in [0, 0.1) is 5.92 Å². The number of rotatable bonds is 5. The molecule has 0 bridgehead atoms. The Hall–Kier alpha value is -1.26. The SMILES string of the molecule is COc1ccc(CCC(=O)N2CCC(C(C)O)C2)cc1Cl. The van der Waals surface area contributed by atoms with E-state index in [0.29, 0.717) is 30.2 Å². The predicted molar refractivity (Wildman–Crippen MR) is 82.7 cm³/mol. The molecule has 0 spiro atoms. The zero-order chi connectivity index (χ0) is 15.4. The average Bonchev–Trinajstić information content (AvgIpc) is 2.95. The molecule has 21 heavy (non-hydrogen) atoms. The Morgan fingerprint density at radius 3 is 2.90 bits per heavy atom. The quantitative estimate of drug-likeness (QED) is 0.909. The number of carbonyl (C=O) groups is 1. The molecule has 1 amide bonds. The van der Waals surface area contributed by atoms with Crippen LogP contribution in [-0.4, -0.2) is 42.2 Å². The van der Waals surface area contributed by atoms with Gasteiger partial charge in [-0.1, -0.05) is 17.7 Å². The first-order chi connectivity index (χ1) is 10.0. The first-order valence-corrected chi connectivity index (χ1v) is 7.67. The number of carbonyl (C=O) groups excluding carboxylic acids is 1. The molecule has 1 saturated heterocycles. The van der Waals surface area contributed by atoms with Crippen molar-refractivity contribution in [1.29, 1.82) is 0 Å². The summed E-state index contributed by atoms with van der Waals surface area (Å²) in [6.07, 6.45) is 1.67. The van der Waals surface area contributed by atoms with E-state index in [-0.39, 0.29) is 17.9 Å². The Bertz CT molecular complexity index is 504. The summed E-state index contributed by atoms with van der Waals surface area (Å²) in [6.45, 7) is 3.20. The van der Waals surface area contributed by atoms with E-state index in [1.165, 1.54) is 0 Å². The van der Waals surface area contributed by atoms with E-state index in [1.54, 1.807) is 14.0 Å². The van der Waals surface area contributed by atoms with Gasteiger partial charge in [0.1, 0.15) is 5.75 Å². The third-order valence-electron chi connectivity index (χ3n) is 4.10. The van der Waals surface area contributed by atoms with Crippen LogP contribution < -0.4 is 4.74 Å². The van der Waals surface area contributed by atoms with Crippen LogP contribution in [0.2, 0.25) is 5.02 Å². The highest BCUT2D eigenvalue weighted by atomic mass is 35.5. The molecule has 0 aromatic heterocycles. The average molecular weight is 312 g/mol. The van der Waals surface area contributed by atoms with E-state index in [1.807, 2.05) is 23.1 Å². The Balaban J connectivity index is 1.86. The third-order valence-corrected chi connectivity index (χ3v) is 4.40. The van der Waals surface area contributed by atoms with E-state index in [2.05, 4.69) is 0 Å². The van der Waals surface area contributed by atoms with Crippen LogP contribution in [0.25, 0.3) is 0 Å². The lowest BCUT2D eigenvalue weighted by Gasteiger charge is -2.17. The summed E-state index contributed by atoms with van der Waals surface area (Å²) in [5, 5.41) is 10.1. The van der Waals surface area contributed by atoms with Crippen LogP contribution in [0.15, 0.2) is 18.2 Å². The number of amides is 1. The highest BCUT2D eigenvalue weighted by Crippen LogP contribution is 2.26. The molecule has 5 heteroatoms. The van der Waals surface area contributed by atoms with Gasteiger partial charge in [-0.15, -0.1) is 0 Å². The predicted octanol–water partition coefficient (Wildman–Crippen LogP) is 2.51. The normalized spacial score (nSPS) is 19.6. The molecule has 1 fully saturated rings. The maximum Gasteiger partial charge on any atom is 0.222 e. The fourth-order valence-electron chi connectivity index (χ4n) is 2.68. The maximum absolute atomic E-state index is 12.2. The van der Waals surface area contributed by atoms with E-state index < -0.39 is 0 Å². The number of hydrogen-bond donors (Lipinski definition) is 1. The Morgan fingerprint density at radius 2 is 2.33 bits per heavy atom. The number of benzene rings is 1. The fraction of sp³-hybridized carbons (Fsp3) is 0.562. The van der Waals surface area contributed by atoms with Crippen LogP contribution >= 0.6 is 11.6 Å². The highest BCUT2D eigenvalue weighted by molar-refractivity contribution is 6.32. The molecule has 0 aliphatic carbocycles. The molecule has 1 aliphatic rings. The van der Waals surface area contributed by atoms with E-state index >= 15 is 0 Å². The topological polar surface area (TPSA) is 49.8 Å². The summed E-state index contributed by atoms with van der Waals surface area (Å²) in [5.74, 6) is 1.00. The highest BCUT2D eigenvalue weighted by Gasteiger charge is 2.28. The van der Waals surface area contributed by atoms with Gasteiger partial charge in [-0.2, -0.15) is 0 Å². The zero-order valence-corrected chi connectivity index (χ0v) is 13.3.